The molecular weight excluding hydrogens is 410 g/mol. The molecule has 0 spiro atoms. The molecule has 1 aliphatic heterocycles. The fourth-order valence-electron chi connectivity index (χ4n) is 3.84. The van der Waals surface area contributed by atoms with Gasteiger partial charge in [-0.25, -0.2) is 8.42 Å². The highest BCUT2D eigenvalue weighted by atomic mass is 35.5. The summed E-state index contributed by atoms with van der Waals surface area (Å²) in [6, 6.07) is 14.7. The molecule has 1 aliphatic rings. The molecule has 1 unspecified atom stereocenters. The van der Waals surface area contributed by atoms with Crippen LogP contribution in [0.5, 0.6) is 5.75 Å². The Morgan fingerprint density at radius 1 is 1.14 bits per heavy atom. The highest BCUT2D eigenvalue weighted by Crippen LogP contribution is 2.36. The second-order valence-electron chi connectivity index (χ2n) is 6.86. The van der Waals surface area contributed by atoms with Crippen molar-refractivity contribution in [2.24, 2.45) is 0 Å². The summed E-state index contributed by atoms with van der Waals surface area (Å²) in [5.41, 5.74) is 2.06. The molecule has 29 heavy (non-hydrogen) atoms. The molecule has 2 aromatic carbocycles. The van der Waals surface area contributed by atoms with Crippen molar-refractivity contribution in [2.45, 2.75) is 17.9 Å². The Balaban J connectivity index is 0.00000240. The van der Waals surface area contributed by atoms with Crippen molar-refractivity contribution in [1.29, 1.82) is 0 Å². The minimum Gasteiger partial charge on any atom is -0.496 e. The zero-order chi connectivity index (χ0) is 19.7. The molecule has 8 heteroatoms. The Hall–Kier alpha value is -2.19. The van der Waals surface area contributed by atoms with Gasteiger partial charge < -0.3 is 10.1 Å². The van der Waals surface area contributed by atoms with Crippen LogP contribution in [0.1, 0.15) is 17.2 Å². The number of benzene rings is 2. The number of nitrogens with one attached hydrogen (secondary N) is 1. The van der Waals surface area contributed by atoms with Crippen molar-refractivity contribution in [3.63, 3.8) is 0 Å². The number of rotatable bonds is 4. The van der Waals surface area contributed by atoms with Crippen LogP contribution in [0, 0.1) is 6.92 Å². The number of fused-ring (bicyclic) bond motifs is 1. The van der Waals surface area contributed by atoms with Crippen molar-refractivity contribution in [3.8, 4) is 5.75 Å². The number of hydrogen-bond donors (Lipinski definition) is 1. The van der Waals surface area contributed by atoms with E-state index in [0.717, 1.165) is 10.9 Å². The second kappa shape index (κ2) is 8.67. The average Bonchev–Trinajstić information content (AvgIpc) is 2.73. The van der Waals surface area contributed by atoms with Crippen LogP contribution in [-0.4, -0.2) is 44.5 Å². The van der Waals surface area contributed by atoms with Gasteiger partial charge >= 0.3 is 0 Å². The summed E-state index contributed by atoms with van der Waals surface area (Å²) in [6.07, 6.45) is 1.64. The summed E-state index contributed by atoms with van der Waals surface area (Å²) in [5.74, 6) is 0.684. The van der Waals surface area contributed by atoms with Crippen LogP contribution in [-0.2, 0) is 10.0 Å². The Morgan fingerprint density at radius 3 is 2.72 bits per heavy atom. The third-order valence-corrected chi connectivity index (χ3v) is 7.27. The molecule has 1 atom stereocenters. The molecule has 0 aliphatic carbocycles. The topological polar surface area (TPSA) is 71.5 Å². The van der Waals surface area contributed by atoms with E-state index < -0.39 is 10.0 Å². The van der Waals surface area contributed by atoms with Gasteiger partial charge in [0.2, 0.25) is 10.0 Å². The third kappa shape index (κ3) is 3.83. The predicted octanol–water partition coefficient (Wildman–Crippen LogP) is 3.31. The van der Waals surface area contributed by atoms with Crippen LogP contribution < -0.4 is 10.1 Å². The van der Waals surface area contributed by atoms with Crippen molar-refractivity contribution >= 4 is 33.3 Å². The SMILES string of the molecule is COc1ccccc1C1CNCCN1S(=O)(=O)c1c(C)ccc2cccnc12.Cl. The summed E-state index contributed by atoms with van der Waals surface area (Å²) >= 11 is 0. The van der Waals surface area contributed by atoms with E-state index in [1.807, 2.05) is 55.5 Å². The highest BCUT2D eigenvalue weighted by Gasteiger charge is 2.37. The maximum absolute atomic E-state index is 13.8. The number of sulfonamides is 1. The molecule has 2 heterocycles. The normalized spacial score (nSPS) is 17.7. The lowest BCUT2D eigenvalue weighted by Gasteiger charge is -2.36. The molecule has 0 bridgehead atoms. The Bertz CT molecular complexity index is 1120. The first kappa shape index (κ1) is 21.5. The Kier molecular flexibility index (Phi) is 6.43. The van der Waals surface area contributed by atoms with Crippen LogP contribution in [0.2, 0.25) is 0 Å². The summed E-state index contributed by atoms with van der Waals surface area (Å²) in [6.45, 7) is 3.33. The molecule has 1 fully saturated rings. The quantitative estimate of drug-likeness (QED) is 0.683. The highest BCUT2D eigenvalue weighted by molar-refractivity contribution is 7.89. The number of aryl methyl sites for hydroxylation is 1. The average molecular weight is 434 g/mol. The van der Waals surface area contributed by atoms with E-state index in [1.54, 1.807) is 17.6 Å². The molecule has 3 aromatic rings. The number of para-hydroxylation sites is 1. The van der Waals surface area contributed by atoms with Gasteiger partial charge in [-0.05, 0) is 24.6 Å². The van der Waals surface area contributed by atoms with Gasteiger partial charge in [-0.3, -0.25) is 4.98 Å². The fourth-order valence-corrected chi connectivity index (χ4v) is 5.82. The van der Waals surface area contributed by atoms with Gasteiger partial charge in [-0.1, -0.05) is 36.4 Å². The molecule has 0 saturated carbocycles. The Morgan fingerprint density at radius 2 is 1.93 bits per heavy atom. The maximum Gasteiger partial charge on any atom is 0.246 e. The van der Waals surface area contributed by atoms with E-state index in [9.17, 15) is 8.42 Å². The van der Waals surface area contributed by atoms with Crippen molar-refractivity contribution in [2.75, 3.05) is 26.7 Å². The van der Waals surface area contributed by atoms with E-state index in [4.69, 9.17) is 4.74 Å². The maximum atomic E-state index is 13.8. The fraction of sp³-hybridized carbons (Fsp3) is 0.286. The van der Waals surface area contributed by atoms with E-state index in [-0.39, 0.29) is 23.3 Å². The van der Waals surface area contributed by atoms with Crippen LogP contribution >= 0.6 is 12.4 Å². The number of ether oxygens (including phenoxy) is 1. The lowest BCUT2D eigenvalue weighted by molar-refractivity contribution is 0.264. The Labute approximate surface area is 177 Å². The monoisotopic (exact) mass is 433 g/mol. The molecule has 1 saturated heterocycles. The van der Waals surface area contributed by atoms with E-state index >= 15 is 0 Å². The number of halogens is 1. The van der Waals surface area contributed by atoms with Gasteiger partial charge in [0.1, 0.15) is 10.6 Å². The molecule has 0 radical (unpaired) electrons. The van der Waals surface area contributed by atoms with Gasteiger partial charge in [0.15, 0.2) is 0 Å². The van der Waals surface area contributed by atoms with Gasteiger partial charge in [-0.2, -0.15) is 4.31 Å². The number of piperazine rings is 1. The number of hydrogen-bond acceptors (Lipinski definition) is 5. The van der Waals surface area contributed by atoms with Crippen LogP contribution in [0.15, 0.2) is 59.6 Å². The number of aromatic nitrogens is 1. The molecule has 154 valence electrons. The largest absolute Gasteiger partial charge is 0.496 e. The van der Waals surface area contributed by atoms with Gasteiger partial charge in [0.05, 0.1) is 18.7 Å². The molecule has 4 rings (SSSR count). The van der Waals surface area contributed by atoms with Gasteiger partial charge in [0, 0.05) is 36.8 Å². The summed E-state index contributed by atoms with van der Waals surface area (Å²) in [7, 11) is -2.16. The first-order valence-electron chi connectivity index (χ1n) is 9.24. The number of pyridine rings is 1. The van der Waals surface area contributed by atoms with Gasteiger partial charge in [0.25, 0.3) is 0 Å². The standard InChI is InChI=1S/C21H23N3O3S.ClH/c1-15-9-10-16-6-5-11-23-20(16)21(15)28(25,26)24-13-12-22-14-18(24)17-7-3-4-8-19(17)27-2;/h3-11,18,22H,12-14H2,1-2H3;1H. The zero-order valence-corrected chi connectivity index (χ0v) is 18.0. The van der Waals surface area contributed by atoms with Crippen LogP contribution in [0.3, 0.4) is 0 Å². The first-order valence-corrected chi connectivity index (χ1v) is 10.7. The van der Waals surface area contributed by atoms with Gasteiger partial charge in [-0.15, -0.1) is 12.4 Å². The summed E-state index contributed by atoms with van der Waals surface area (Å²) in [4.78, 5) is 4.67. The zero-order valence-electron chi connectivity index (χ0n) is 16.3. The number of nitrogens with zero attached hydrogens (tertiary/aromatic N) is 2. The molecule has 1 aromatic heterocycles. The molecular formula is C21H24ClN3O3S. The first-order chi connectivity index (χ1) is 13.5. The summed E-state index contributed by atoms with van der Waals surface area (Å²) < 4.78 is 34.7. The van der Waals surface area contributed by atoms with E-state index in [2.05, 4.69) is 10.3 Å². The second-order valence-corrected chi connectivity index (χ2v) is 8.69. The summed E-state index contributed by atoms with van der Waals surface area (Å²) in [5, 5.41) is 4.13. The van der Waals surface area contributed by atoms with Crippen molar-refractivity contribution < 1.29 is 13.2 Å². The third-order valence-electron chi connectivity index (χ3n) is 5.18. The predicted molar refractivity (Wildman–Crippen MR) is 116 cm³/mol. The lowest BCUT2D eigenvalue weighted by atomic mass is 10.0. The molecule has 0 amide bonds. The molecule has 6 nitrogen and oxygen atoms in total. The van der Waals surface area contributed by atoms with Crippen molar-refractivity contribution in [3.05, 3.63) is 65.9 Å². The minimum absolute atomic E-state index is 0. The van der Waals surface area contributed by atoms with Crippen LogP contribution in [0.25, 0.3) is 10.9 Å². The minimum atomic E-state index is -3.77. The smallest absolute Gasteiger partial charge is 0.246 e. The lowest BCUT2D eigenvalue weighted by Crippen LogP contribution is -2.48. The van der Waals surface area contributed by atoms with E-state index in [1.165, 1.54) is 0 Å². The van der Waals surface area contributed by atoms with Crippen LogP contribution in [0.4, 0.5) is 0 Å². The molecule has 1 N–H and O–H groups in total. The van der Waals surface area contributed by atoms with Crippen molar-refractivity contribution in [1.82, 2.24) is 14.6 Å². The number of methoxy groups -OCH3 is 1. The van der Waals surface area contributed by atoms with E-state index in [0.29, 0.717) is 36.5 Å².